The van der Waals surface area contributed by atoms with Crippen LogP contribution in [0.4, 0.5) is 10.5 Å². The fourth-order valence-electron chi connectivity index (χ4n) is 1.50. The van der Waals surface area contributed by atoms with Gasteiger partial charge in [0, 0.05) is 18.8 Å². The van der Waals surface area contributed by atoms with Gasteiger partial charge >= 0.3 is 6.03 Å². The highest BCUT2D eigenvalue weighted by Crippen LogP contribution is 2.14. The van der Waals surface area contributed by atoms with Crippen molar-refractivity contribution in [1.82, 2.24) is 5.32 Å². The van der Waals surface area contributed by atoms with E-state index in [2.05, 4.69) is 5.32 Å². The topological polar surface area (TPSA) is 32.3 Å². The Bertz CT molecular complexity index is 332. The molecule has 0 saturated heterocycles. The lowest BCUT2D eigenvalue weighted by Gasteiger charge is -2.21. The highest BCUT2D eigenvalue weighted by Gasteiger charge is 2.12. The van der Waals surface area contributed by atoms with E-state index in [1.54, 1.807) is 4.90 Å². The zero-order valence-corrected chi connectivity index (χ0v) is 10.3. The summed E-state index contributed by atoms with van der Waals surface area (Å²) in [5.41, 5.74) is 2.15. The van der Waals surface area contributed by atoms with E-state index in [4.69, 9.17) is 0 Å². The number of nitrogens with one attached hydrogen (secondary N) is 1. The number of carbonyl (C=O) groups is 1. The standard InChI is InChI=1S/C13H20N2O/c1-4-10-14-13(16)15(5-2)12-8-6-11(3)7-9-12/h6-9H,4-5,10H2,1-3H3,(H,14,16). The molecule has 88 valence electrons. The molecule has 16 heavy (non-hydrogen) atoms. The first-order chi connectivity index (χ1) is 7.69. The number of carbonyl (C=O) groups excluding carboxylic acids is 1. The maximum atomic E-state index is 11.8. The van der Waals surface area contributed by atoms with Crippen LogP contribution in [0.5, 0.6) is 0 Å². The van der Waals surface area contributed by atoms with Crippen LogP contribution in [0.3, 0.4) is 0 Å². The van der Waals surface area contributed by atoms with E-state index in [-0.39, 0.29) is 6.03 Å². The van der Waals surface area contributed by atoms with E-state index in [0.717, 1.165) is 18.7 Å². The molecule has 0 heterocycles. The maximum Gasteiger partial charge on any atom is 0.321 e. The Hall–Kier alpha value is -1.51. The summed E-state index contributed by atoms with van der Waals surface area (Å²) >= 11 is 0. The number of urea groups is 1. The molecule has 3 heteroatoms. The van der Waals surface area contributed by atoms with Gasteiger partial charge in [-0.05, 0) is 32.4 Å². The molecular formula is C13H20N2O. The van der Waals surface area contributed by atoms with Gasteiger partial charge in [0.2, 0.25) is 0 Å². The lowest BCUT2D eigenvalue weighted by atomic mass is 10.2. The quantitative estimate of drug-likeness (QED) is 0.831. The summed E-state index contributed by atoms with van der Waals surface area (Å²) in [5.74, 6) is 0. The van der Waals surface area contributed by atoms with E-state index in [9.17, 15) is 4.79 Å². The van der Waals surface area contributed by atoms with E-state index in [0.29, 0.717) is 6.54 Å². The van der Waals surface area contributed by atoms with Gasteiger partial charge in [-0.3, -0.25) is 4.90 Å². The van der Waals surface area contributed by atoms with Gasteiger partial charge in [-0.15, -0.1) is 0 Å². The summed E-state index contributed by atoms with van der Waals surface area (Å²) in [5, 5.41) is 2.88. The number of anilines is 1. The Balaban J connectivity index is 2.73. The fraction of sp³-hybridized carbons (Fsp3) is 0.462. The first-order valence-electron chi connectivity index (χ1n) is 5.81. The van der Waals surface area contributed by atoms with E-state index >= 15 is 0 Å². The highest BCUT2D eigenvalue weighted by atomic mass is 16.2. The SMILES string of the molecule is CCCNC(=O)N(CC)c1ccc(C)cc1. The Morgan fingerprint density at radius 2 is 1.88 bits per heavy atom. The van der Waals surface area contributed by atoms with Gasteiger partial charge in [0.05, 0.1) is 0 Å². The molecule has 1 aromatic rings. The van der Waals surface area contributed by atoms with E-state index in [1.165, 1.54) is 5.56 Å². The van der Waals surface area contributed by atoms with Crippen molar-refractivity contribution in [3.8, 4) is 0 Å². The fourth-order valence-corrected chi connectivity index (χ4v) is 1.50. The van der Waals surface area contributed by atoms with Crippen molar-refractivity contribution >= 4 is 11.7 Å². The number of benzene rings is 1. The molecule has 0 spiro atoms. The normalized spacial score (nSPS) is 9.94. The minimum absolute atomic E-state index is 0.0202. The average Bonchev–Trinajstić information content (AvgIpc) is 2.30. The van der Waals surface area contributed by atoms with Crippen molar-refractivity contribution in [2.24, 2.45) is 0 Å². The number of hydrogen-bond donors (Lipinski definition) is 1. The predicted octanol–water partition coefficient (Wildman–Crippen LogP) is 2.94. The van der Waals surface area contributed by atoms with Crippen molar-refractivity contribution < 1.29 is 4.79 Å². The molecule has 0 bridgehead atoms. The van der Waals surface area contributed by atoms with Gasteiger partial charge in [-0.1, -0.05) is 24.6 Å². The second-order valence-electron chi connectivity index (χ2n) is 3.81. The molecule has 3 nitrogen and oxygen atoms in total. The van der Waals surface area contributed by atoms with Gasteiger partial charge in [0.1, 0.15) is 0 Å². The van der Waals surface area contributed by atoms with Gasteiger partial charge < -0.3 is 5.32 Å². The lowest BCUT2D eigenvalue weighted by molar-refractivity contribution is 0.246. The molecule has 0 aliphatic carbocycles. The molecule has 0 fully saturated rings. The largest absolute Gasteiger partial charge is 0.338 e. The molecule has 0 unspecified atom stereocenters. The third-order valence-corrected chi connectivity index (χ3v) is 2.43. The monoisotopic (exact) mass is 220 g/mol. The van der Waals surface area contributed by atoms with Crippen LogP contribution < -0.4 is 10.2 Å². The lowest BCUT2D eigenvalue weighted by Crippen LogP contribution is -2.40. The zero-order chi connectivity index (χ0) is 12.0. The highest BCUT2D eigenvalue weighted by molar-refractivity contribution is 5.91. The van der Waals surface area contributed by atoms with Crippen LogP contribution >= 0.6 is 0 Å². The van der Waals surface area contributed by atoms with Gasteiger partial charge in [-0.25, -0.2) is 4.79 Å². The van der Waals surface area contributed by atoms with Crippen LogP contribution in [0.25, 0.3) is 0 Å². The maximum absolute atomic E-state index is 11.8. The molecule has 1 rings (SSSR count). The second kappa shape index (κ2) is 6.16. The van der Waals surface area contributed by atoms with Gasteiger partial charge in [-0.2, -0.15) is 0 Å². The van der Waals surface area contributed by atoms with Crippen molar-refractivity contribution in [3.63, 3.8) is 0 Å². The van der Waals surface area contributed by atoms with Crippen LogP contribution in [-0.2, 0) is 0 Å². The van der Waals surface area contributed by atoms with Gasteiger partial charge in [0.25, 0.3) is 0 Å². The minimum Gasteiger partial charge on any atom is -0.338 e. The summed E-state index contributed by atoms with van der Waals surface area (Å²) < 4.78 is 0. The third kappa shape index (κ3) is 3.26. The van der Waals surface area contributed by atoms with Crippen molar-refractivity contribution in [3.05, 3.63) is 29.8 Å². The number of amides is 2. The molecule has 0 saturated carbocycles. The summed E-state index contributed by atoms with van der Waals surface area (Å²) in [6.45, 7) is 7.46. The summed E-state index contributed by atoms with van der Waals surface area (Å²) in [6.07, 6.45) is 0.956. The summed E-state index contributed by atoms with van der Waals surface area (Å²) in [4.78, 5) is 13.6. The van der Waals surface area contributed by atoms with Crippen LogP contribution in [0.15, 0.2) is 24.3 Å². The number of aryl methyl sites for hydroxylation is 1. The van der Waals surface area contributed by atoms with E-state index < -0.39 is 0 Å². The molecule has 0 aliphatic rings. The average molecular weight is 220 g/mol. The number of hydrogen-bond acceptors (Lipinski definition) is 1. The minimum atomic E-state index is -0.0202. The molecule has 0 radical (unpaired) electrons. The molecule has 1 aromatic carbocycles. The molecule has 0 aliphatic heterocycles. The smallest absolute Gasteiger partial charge is 0.321 e. The zero-order valence-electron chi connectivity index (χ0n) is 10.3. The first-order valence-corrected chi connectivity index (χ1v) is 5.81. The van der Waals surface area contributed by atoms with Crippen LogP contribution in [0.1, 0.15) is 25.8 Å². The molecule has 0 atom stereocenters. The Labute approximate surface area is 97.5 Å². The number of rotatable bonds is 4. The Kier molecular flexibility index (Phi) is 4.83. The second-order valence-corrected chi connectivity index (χ2v) is 3.81. The number of nitrogens with zero attached hydrogens (tertiary/aromatic N) is 1. The van der Waals surface area contributed by atoms with E-state index in [1.807, 2.05) is 45.0 Å². The molecular weight excluding hydrogens is 200 g/mol. The van der Waals surface area contributed by atoms with Gasteiger partial charge in [0.15, 0.2) is 0 Å². The van der Waals surface area contributed by atoms with Crippen LogP contribution in [0, 0.1) is 6.92 Å². The Morgan fingerprint density at radius 3 is 2.38 bits per heavy atom. The summed E-state index contributed by atoms with van der Waals surface area (Å²) in [7, 11) is 0. The summed E-state index contributed by atoms with van der Waals surface area (Å²) in [6, 6.07) is 7.97. The van der Waals surface area contributed by atoms with Crippen molar-refractivity contribution in [2.75, 3.05) is 18.0 Å². The molecule has 0 aromatic heterocycles. The van der Waals surface area contributed by atoms with Crippen molar-refractivity contribution in [1.29, 1.82) is 0 Å². The Morgan fingerprint density at radius 1 is 1.25 bits per heavy atom. The van der Waals surface area contributed by atoms with Crippen molar-refractivity contribution in [2.45, 2.75) is 27.2 Å². The van der Waals surface area contributed by atoms with Crippen LogP contribution in [-0.4, -0.2) is 19.1 Å². The molecule has 2 amide bonds. The predicted molar refractivity (Wildman–Crippen MR) is 67.9 cm³/mol. The molecule has 1 N–H and O–H groups in total. The first kappa shape index (κ1) is 12.6. The third-order valence-electron chi connectivity index (χ3n) is 2.43. The van der Waals surface area contributed by atoms with Crippen LogP contribution in [0.2, 0.25) is 0 Å².